The Balaban J connectivity index is 2.25. The van der Waals surface area contributed by atoms with E-state index in [-0.39, 0.29) is 21.9 Å². The normalized spacial score (nSPS) is 12.2. The highest BCUT2D eigenvalue weighted by Gasteiger charge is 2.33. The molecule has 4 aromatic rings. The molecule has 0 fully saturated rings. The monoisotopic (exact) mass is 392 g/mol. The number of pyridine rings is 2. The van der Waals surface area contributed by atoms with Crippen molar-refractivity contribution < 1.29 is 13.2 Å². The van der Waals surface area contributed by atoms with Gasteiger partial charge in [0.1, 0.15) is 11.3 Å². The molecule has 0 unspecified atom stereocenters. The Labute approximate surface area is 155 Å². The Morgan fingerprint density at radius 2 is 1.89 bits per heavy atom. The lowest BCUT2D eigenvalue weighted by Gasteiger charge is -2.14. The molecule has 0 amide bonds. The maximum Gasteiger partial charge on any atom is 0.433 e. The van der Waals surface area contributed by atoms with E-state index in [1.807, 2.05) is 6.92 Å². The van der Waals surface area contributed by atoms with E-state index in [1.165, 1.54) is 12.4 Å². The molecule has 1 aromatic carbocycles. The molecule has 138 valence electrons. The number of halogens is 4. The summed E-state index contributed by atoms with van der Waals surface area (Å²) in [4.78, 5) is 21.0. The maximum atomic E-state index is 13.2. The summed E-state index contributed by atoms with van der Waals surface area (Å²) in [6, 6.07) is 8.62. The van der Waals surface area contributed by atoms with Crippen LogP contribution in [-0.4, -0.2) is 19.1 Å². The van der Waals surface area contributed by atoms with Gasteiger partial charge in [-0.2, -0.15) is 13.2 Å². The van der Waals surface area contributed by atoms with Crippen molar-refractivity contribution in [3.05, 3.63) is 63.8 Å². The van der Waals surface area contributed by atoms with Crippen molar-refractivity contribution in [2.45, 2.75) is 19.6 Å². The van der Waals surface area contributed by atoms with Crippen LogP contribution in [0.25, 0.3) is 27.8 Å². The predicted molar refractivity (Wildman–Crippen MR) is 96.3 cm³/mol. The third-order valence-electron chi connectivity index (χ3n) is 4.31. The zero-order chi connectivity index (χ0) is 19.3. The molecule has 27 heavy (non-hydrogen) atoms. The Morgan fingerprint density at radius 3 is 2.56 bits per heavy atom. The number of hydrogen-bond acceptors (Lipinski definition) is 3. The molecule has 0 N–H and O–H groups in total. The second-order valence-corrected chi connectivity index (χ2v) is 6.29. The van der Waals surface area contributed by atoms with E-state index in [4.69, 9.17) is 11.6 Å². The molecular formula is C18H12ClF3N4O. The molecular weight excluding hydrogens is 381 g/mol. The number of alkyl halides is 3. The Hall–Kier alpha value is -2.87. The molecule has 3 heterocycles. The molecule has 0 atom stereocenters. The lowest BCUT2D eigenvalue weighted by Crippen LogP contribution is -2.22. The molecule has 3 aromatic heterocycles. The Morgan fingerprint density at radius 1 is 1.15 bits per heavy atom. The lowest BCUT2D eigenvalue weighted by molar-refractivity contribution is -0.141. The molecule has 0 spiro atoms. The van der Waals surface area contributed by atoms with Crippen LogP contribution in [0.3, 0.4) is 0 Å². The summed E-state index contributed by atoms with van der Waals surface area (Å²) in [5.41, 5.74) is -0.950. The molecule has 0 radical (unpaired) electrons. The first-order valence-electron chi connectivity index (χ1n) is 8.05. The van der Waals surface area contributed by atoms with Gasteiger partial charge in [-0.15, -0.1) is 0 Å². The second-order valence-electron chi connectivity index (χ2n) is 5.89. The van der Waals surface area contributed by atoms with Crippen LogP contribution in [0.4, 0.5) is 13.2 Å². The van der Waals surface area contributed by atoms with E-state index < -0.39 is 17.4 Å². The van der Waals surface area contributed by atoms with Gasteiger partial charge in [-0.1, -0.05) is 23.7 Å². The van der Waals surface area contributed by atoms with Crippen LogP contribution in [0, 0.1) is 0 Å². The smallest absolute Gasteiger partial charge is 0.330 e. The van der Waals surface area contributed by atoms with Crippen molar-refractivity contribution >= 4 is 33.7 Å². The largest absolute Gasteiger partial charge is 0.433 e. The third-order valence-corrected chi connectivity index (χ3v) is 4.63. The number of imidazole rings is 1. The zero-order valence-corrected chi connectivity index (χ0v) is 14.7. The van der Waals surface area contributed by atoms with Crippen molar-refractivity contribution in [1.29, 1.82) is 0 Å². The molecule has 0 saturated heterocycles. The fraction of sp³-hybridized carbons (Fsp3) is 0.167. The van der Waals surface area contributed by atoms with Crippen LogP contribution in [0.5, 0.6) is 0 Å². The zero-order valence-electron chi connectivity index (χ0n) is 14.0. The van der Waals surface area contributed by atoms with Gasteiger partial charge < -0.3 is 4.57 Å². The summed E-state index contributed by atoms with van der Waals surface area (Å²) in [6.07, 6.45) is -3.16. The van der Waals surface area contributed by atoms with Crippen molar-refractivity contribution in [1.82, 2.24) is 19.1 Å². The van der Waals surface area contributed by atoms with Crippen LogP contribution < -0.4 is 5.56 Å². The van der Waals surface area contributed by atoms with Gasteiger partial charge in [-0.05, 0) is 31.2 Å². The van der Waals surface area contributed by atoms with Gasteiger partial charge in [0, 0.05) is 11.9 Å². The van der Waals surface area contributed by atoms with Gasteiger partial charge in [0.2, 0.25) is 0 Å². The average Bonchev–Trinajstić information content (AvgIpc) is 3.07. The topological polar surface area (TPSA) is 52.7 Å². The molecule has 0 aliphatic carbocycles. The Bertz CT molecular complexity index is 1240. The van der Waals surface area contributed by atoms with Gasteiger partial charge in [0.15, 0.2) is 5.52 Å². The molecule has 5 nitrogen and oxygen atoms in total. The van der Waals surface area contributed by atoms with Gasteiger partial charge in [0.25, 0.3) is 5.56 Å². The fourth-order valence-electron chi connectivity index (χ4n) is 3.08. The quantitative estimate of drug-likeness (QED) is 0.507. The molecule has 9 heteroatoms. The molecule has 0 aliphatic rings. The van der Waals surface area contributed by atoms with Crippen LogP contribution in [-0.2, 0) is 12.7 Å². The summed E-state index contributed by atoms with van der Waals surface area (Å²) in [5, 5.41) is 0.603. The lowest BCUT2D eigenvalue weighted by atomic mass is 10.2. The number of aryl methyl sites for hydroxylation is 1. The van der Waals surface area contributed by atoms with Crippen LogP contribution in [0.15, 0.2) is 47.5 Å². The first kappa shape index (κ1) is 17.5. The maximum absolute atomic E-state index is 13.2. The highest BCUT2D eigenvalue weighted by Crippen LogP contribution is 2.32. The van der Waals surface area contributed by atoms with Crippen molar-refractivity contribution in [3.8, 4) is 5.69 Å². The molecule has 0 bridgehead atoms. The number of rotatable bonds is 2. The summed E-state index contributed by atoms with van der Waals surface area (Å²) in [6.45, 7) is 2.35. The summed E-state index contributed by atoms with van der Waals surface area (Å²) in [5.74, 6) is 0. The first-order chi connectivity index (χ1) is 12.8. The van der Waals surface area contributed by atoms with E-state index in [9.17, 15) is 18.0 Å². The van der Waals surface area contributed by atoms with Crippen molar-refractivity contribution in [3.63, 3.8) is 0 Å². The number of hydrogen-bond donors (Lipinski definition) is 0. The van der Waals surface area contributed by atoms with Crippen LogP contribution >= 0.6 is 11.6 Å². The van der Waals surface area contributed by atoms with Crippen molar-refractivity contribution in [2.75, 3.05) is 0 Å². The minimum atomic E-state index is -4.64. The van der Waals surface area contributed by atoms with Crippen LogP contribution in [0.1, 0.15) is 12.6 Å². The minimum absolute atomic E-state index is 0.120. The van der Waals surface area contributed by atoms with E-state index in [1.54, 1.807) is 28.8 Å². The number of nitrogens with zero attached hydrogens (tertiary/aromatic N) is 4. The first-order valence-corrected chi connectivity index (χ1v) is 8.43. The standard InChI is InChI=1S/C18H12ClF3N4O/c1-2-25-9-23-14-15(25)10-7-8-13(18(20,21)22)24-16(10)26(17(14)27)12-6-4-3-5-11(12)19/h3-9H,2H2,1H3. The predicted octanol–water partition coefficient (Wildman–Crippen LogP) is 4.43. The second kappa shape index (κ2) is 6.09. The van der Waals surface area contributed by atoms with E-state index in [0.29, 0.717) is 17.4 Å². The van der Waals surface area contributed by atoms with Gasteiger partial charge in [0.05, 0.1) is 22.6 Å². The summed E-state index contributed by atoms with van der Waals surface area (Å²) < 4.78 is 42.5. The molecule has 0 aliphatic heterocycles. The third kappa shape index (κ3) is 2.68. The highest BCUT2D eigenvalue weighted by atomic mass is 35.5. The summed E-state index contributed by atoms with van der Waals surface area (Å²) >= 11 is 6.21. The minimum Gasteiger partial charge on any atom is -0.330 e. The average molecular weight is 393 g/mol. The van der Waals surface area contributed by atoms with Gasteiger partial charge in [-0.25, -0.2) is 9.97 Å². The van der Waals surface area contributed by atoms with Crippen molar-refractivity contribution in [2.24, 2.45) is 0 Å². The number of para-hydroxylation sites is 1. The van der Waals surface area contributed by atoms with Gasteiger partial charge in [-0.3, -0.25) is 9.36 Å². The van der Waals surface area contributed by atoms with E-state index >= 15 is 0 Å². The number of fused-ring (bicyclic) bond motifs is 3. The molecule has 4 rings (SSSR count). The fourth-order valence-corrected chi connectivity index (χ4v) is 3.30. The van der Waals surface area contributed by atoms with Crippen LogP contribution in [0.2, 0.25) is 5.02 Å². The highest BCUT2D eigenvalue weighted by molar-refractivity contribution is 6.32. The SMILES string of the molecule is CCn1cnc2c(=O)n(-c3ccccc3Cl)c3nc(C(F)(F)F)ccc3c21. The van der Waals surface area contributed by atoms with E-state index in [2.05, 4.69) is 9.97 Å². The van der Waals surface area contributed by atoms with E-state index in [0.717, 1.165) is 10.6 Å². The number of benzene rings is 1. The summed E-state index contributed by atoms with van der Waals surface area (Å²) in [7, 11) is 0. The number of aromatic nitrogens is 4. The van der Waals surface area contributed by atoms with Gasteiger partial charge >= 0.3 is 6.18 Å². The Kier molecular flexibility index (Phi) is 3.96. The molecule has 0 saturated carbocycles.